The molecular formula is C36H47ClN6O4Si. The lowest BCUT2D eigenvalue weighted by Gasteiger charge is -2.39. The molecule has 1 aromatic heterocycles. The molecule has 1 N–H and O–H groups in total. The molecule has 2 amide bonds. The number of nitriles is 1. The number of hydrogen-bond donors (Lipinski definition) is 1. The molecule has 48 heavy (non-hydrogen) atoms. The summed E-state index contributed by atoms with van der Waals surface area (Å²) in [4.78, 5) is 38.4. The van der Waals surface area contributed by atoms with Crippen LogP contribution in [0.3, 0.4) is 0 Å². The Morgan fingerprint density at radius 1 is 1.12 bits per heavy atom. The molecule has 12 heteroatoms. The fraction of sp³-hybridized carbons (Fsp3) is 0.472. The average molecular weight is 691 g/mol. The predicted octanol–water partition coefficient (Wildman–Crippen LogP) is 8.08. The molecule has 1 unspecified atom stereocenters. The Morgan fingerprint density at radius 3 is 2.42 bits per heavy atom. The van der Waals surface area contributed by atoms with Crippen molar-refractivity contribution in [3.63, 3.8) is 0 Å². The van der Waals surface area contributed by atoms with Gasteiger partial charge in [0.15, 0.2) is 8.32 Å². The summed E-state index contributed by atoms with van der Waals surface area (Å²) >= 11 is 6.32. The Labute approximate surface area is 290 Å². The summed E-state index contributed by atoms with van der Waals surface area (Å²) in [6.45, 7) is 19.2. The van der Waals surface area contributed by atoms with Crippen molar-refractivity contribution in [2.75, 3.05) is 37.5 Å². The van der Waals surface area contributed by atoms with Gasteiger partial charge in [-0.25, -0.2) is 14.8 Å². The van der Waals surface area contributed by atoms with Crippen molar-refractivity contribution in [2.45, 2.75) is 84.0 Å². The van der Waals surface area contributed by atoms with E-state index in [9.17, 15) is 14.9 Å². The van der Waals surface area contributed by atoms with Crippen LogP contribution in [0.1, 0.15) is 65.2 Å². The Balaban J connectivity index is 1.79. The highest BCUT2D eigenvalue weighted by Gasteiger charge is 2.47. The van der Waals surface area contributed by atoms with E-state index < -0.39 is 25.4 Å². The summed E-state index contributed by atoms with van der Waals surface area (Å²) in [5.74, 6) is 0.241. The van der Waals surface area contributed by atoms with Crippen LogP contribution < -0.4 is 10.2 Å². The van der Waals surface area contributed by atoms with Crippen LogP contribution in [0.4, 0.5) is 22.1 Å². The first-order valence-corrected chi connectivity index (χ1v) is 19.2. The van der Waals surface area contributed by atoms with E-state index in [0.29, 0.717) is 52.3 Å². The molecule has 0 fully saturated rings. The van der Waals surface area contributed by atoms with Crippen molar-refractivity contribution in [3.8, 4) is 17.3 Å². The fourth-order valence-corrected chi connectivity index (χ4v) is 6.41. The SMILES string of the molecule is CN(C)C(=O)Cc1ccc(Cl)cc1Nc1nccc(-c2cc(C#N)c3c(c2)C(C)(CO[Si](C)(C)C(C)(C)C)CN3C(=O)OC(C)(C)C)n1. The maximum atomic E-state index is 13.6. The van der Waals surface area contributed by atoms with Crippen molar-refractivity contribution < 1.29 is 18.8 Å². The zero-order chi connectivity index (χ0) is 35.8. The zero-order valence-electron chi connectivity index (χ0n) is 29.9. The van der Waals surface area contributed by atoms with Crippen molar-refractivity contribution in [3.05, 3.63) is 64.3 Å². The van der Waals surface area contributed by atoms with Crippen LogP contribution in [0, 0.1) is 11.3 Å². The van der Waals surface area contributed by atoms with Gasteiger partial charge >= 0.3 is 6.09 Å². The minimum absolute atomic E-state index is 0.0116. The number of amides is 2. The maximum Gasteiger partial charge on any atom is 0.414 e. The molecule has 0 bridgehead atoms. The summed E-state index contributed by atoms with van der Waals surface area (Å²) in [6.07, 6.45) is 1.29. The molecule has 1 aliphatic rings. The Hall–Kier alpha value is -3.98. The van der Waals surface area contributed by atoms with E-state index in [4.69, 9.17) is 25.7 Å². The largest absolute Gasteiger partial charge is 0.443 e. The molecule has 0 radical (unpaired) electrons. The van der Waals surface area contributed by atoms with Gasteiger partial charge in [0.1, 0.15) is 11.7 Å². The van der Waals surface area contributed by atoms with Crippen LogP contribution in [-0.2, 0) is 25.8 Å². The lowest BCUT2D eigenvalue weighted by molar-refractivity contribution is -0.127. The average Bonchev–Trinajstić information content (AvgIpc) is 3.28. The molecule has 0 saturated carbocycles. The number of aromatic nitrogens is 2. The second-order valence-electron chi connectivity index (χ2n) is 15.4. The molecule has 2 aromatic carbocycles. The summed E-state index contributed by atoms with van der Waals surface area (Å²) in [6, 6.07) is 13.1. The van der Waals surface area contributed by atoms with Gasteiger partial charge in [-0.1, -0.05) is 45.4 Å². The van der Waals surface area contributed by atoms with E-state index in [1.54, 1.807) is 55.5 Å². The van der Waals surface area contributed by atoms with E-state index in [2.05, 4.69) is 57.2 Å². The van der Waals surface area contributed by atoms with Gasteiger partial charge in [-0.3, -0.25) is 9.69 Å². The predicted molar refractivity (Wildman–Crippen MR) is 193 cm³/mol. The third-order valence-corrected chi connectivity index (χ3v) is 13.7. The highest BCUT2D eigenvalue weighted by Crippen LogP contribution is 2.47. The van der Waals surface area contributed by atoms with Gasteiger partial charge in [0.25, 0.3) is 0 Å². The van der Waals surface area contributed by atoms with Crippen LogP contribution in [-0.4, -0.2) is 68.0 Å². The molecule has 256 valence electrons. The number of carbonyl (C=O) groups excluding carboxylic acids is 2. The lowest BCUT2D eigenvalue weighted by atomic mass is 9.83. The molecule has 0 aliphatic carbocycles. The Kier molecular flexibility index (Phi) is 10.4. The second-order valence-corrected chi connectivity index (χ2v) is 20.6. The van der Waals surface area contributed by atoms with E-state index in [1.807, 2.05) is 26.8 Å². The first-order chi connectivity index (χ1) is 22.1. The van der Waals surface area contributed by atoms with Gasteiger partial charge < -0.3 is 19.4 Å². The number of halogens is 1. The molecule has 1 atom stereocenters. The van der Waals surface area contributed by atoms with E-state index in [-0.39, 0.29) is 17.4 Å². The standard InChI is InChI=1S/C36H47ClN6O4Si/c1-34(2,3)47-33(45)43-21-36(7,22-46-48(10,11)35(4,5)6)27-17-24(16-25(20-38)31(27)43)28-14-15-39-32(40-28)41-29-19-26(37)13-12-23(29)18-30(44)42(8)9/h12-17,19H,18,21-22H2,1-11H3,(H,39,40,41). The molecule has 2 heterocycles. The normalized spacial score (nSPS) is 16.3. The van der Waals surface area contributed by atoms with Gasteiger partial charge in [-0.2, -0.15) is 5.26 Å². The first-order valence-electron chi connectivity index (χ1n) is 16.0. The molecular weight excluding hydrogens is 644 g/mol. The summed E-state index contributed by atoms with van der Waals surface area (Å²) in [5, 5.41) is 14.1. The minimum atomic E-state index is -2.16. The number of ether oxygens (including phenoxy) is 1. The topological polar surface area (TPSA) is 121 Å². The van der Waals surface area contributed by atoms with Crippen LogP contribution in [0.5, 0.6) is 0 Å². The Bertz CT molecular complexity index is 1760. The van der Waals surface area contributed by atoms with Crippen LogP contribution in [0.15, 0.2) is 42.6 Å². The molecule has 1 aliphatic heterocycles. The van der Waals surface area contributed by atoms with Crippen molar-refractivity contribution >= 4 is 49.2 Å². The molecule has 0 spiro atoms. The maximum absolute atomic E-state index is 13.6. The van der Waals surface area contributed by atoms with Crippen molar-refractivity contribution in [1.29, 1.82) is 5.26 Å². The van der Waals surface area contributed by atoms with Gasteiger partial charge in [0.05, 0.1) is 23.4 Å². The molecule has 0 saturated heterocycles. The number of fused-ring (bicyclic) bond motifs is 1. The highest BCUT2D eigenvalue weighted by atomic mass is 35.5. The van der Waals surface area contributed by atoms with Gasteiger partial charge in [-0.15, -0.1) is 0 Å². The monoisotopic (exact) mass is 690 g/mol. The van der Waals surface area contributed by atoms with Crippen LogP contribution in [0.25, 0.3) is 11.3 Å². The minimum Gasteiger partial charge on any atom is -0.443 e. The number of likely N-dealkylation sites (N-methyl/N-ethyl adjacent to an activating group) is 1. The molecule has 10 nitrogen and oxygen atoms in total. The number of nitrogens with one attached hydrogen (secondary N) is 1. The second kappa shape index (κ2) is 13.5. The van der Waals surface area contributed by atoms with Gasteiger partial charge in [-0.05, 0) is 80.4 Å². The Morgan fingerprint density at radius 2 is 1.81 bits per heavy atom. The smallest absolute Gasteiger partial charge is 0.414 e. The third-order valence-electron chi connectivity index (χ3n) is 8.94. The van der Waals surface area contributed by atoms with E-state index >= 15 is 0 Å². The number of nitrogens with zero attached hydrogens (tertiary/aromatic N) is 5. The third kappa shape index (κ3) is 8.17. The van der Waals surface area contributed by atoms with Crippen LogP contribution >= 0.6 is 11.6 Å². The number of anilines is 3. The number of rotatable bonds is 8. The summed E-state index contributed by atoms with van der Waals surface area (Å²) < 4.78 is 12.5. The van der Waals surface area contributed by atoms with Gasteiger partial charge in [0, 0.05) is 55.1 Å². The van der Waals surface area contributed by atoms with Crippen LogP contribution in [0.2, 0.25) is 23.2 Å². The highest BCUT2D eigenvalue weighted by molar-refractivity contribution is 6.74. The number of carbonyl (C=O) groups is 2. The van der Waals surface area contributed by atoms with E-state index in [1.165, 1.54) is 4.90 Å². The van der Waals surface area contributed by atoms with Crippen molar-refractivity contribution in [1.82, 2.24) is 14.9 Å². The molecule has 3 aromatic rings. The quantitative estimate of drug-likeness (QED) is 0.236. The fourth-order valence-electron chi connectivity index (χ4n) is 5.12. The van der Waals surface area contributed by atoms with Crippen molar-refractivity contribution in [2.24, 2.45) is 0 Å². The van der Waals surface area contributed by atoms with E-state index in [0.717, 1.165) is 11.1 Å². The number of hydrogen-bond acceptors (Lipinski definition) is 8. The summed E-state index contributed by atoms with van der Waals surface area (Å²) in [5.41, 5.74) is 2.95. The molecule has 4 rings (SSSR count). The lowest BCUT2D eigenvalue weighted by Crippen LogP contribution is -2.46. The first kappa shape index (κ1) is 36.8. The zero-order valence-corrected chi connectivity index (χ0v) is 31.7. The van der Waals surface area contributed by atoms with Gasteiger partial charge in [0.2, 0.25) is 11.9 Å². The summed E-state index contributed by atoms with van der Waals surface area (Å²) in [7, 11) is 1.26. The number of benzene rings is 2.